The molecule has 0 aromatic heterocycles. The largest absolute Gasteiger partial charge is 0.271 e. The molecule has 1 aromatic rings. The minimum absolute atomic E-state index is 0.0987. The van der Waals surface area contributed by atoms with Crippen LogP contribution >= 0.6 is 0 Å². The SMILES string of the molecule is Cc1ccc(C(=O)NN=C2CC3CCC2C3)cc1C. The Morgan fingerprint density at radius 1 is 1.26 bits per heavy atom. The van der Waals surface area contributed by atoms with Crippen LogP contribution in [0.5, 0.6) is 0 Å². The fourth-order valence-electron chi connectivity index (χ4n) is 3.23. The summed E-state index contributed by atoms with van der Waals surface area (Å²) in [6.07, 6.45) is 4.95. The van der Waals surface area contributed by atoms with Crippen molar-refractivity contribution >= 4 is 11.6 Å². The van der Waals surface area contributed by atoms with E-state index in [1.807, 2.05) is 32.0 Å². The van der Waals surface area contributed by atoms with Crippen LogP contribution in [0.2, 0.25) is 0 Å². The highest BCUT2D eigenvalue weighted by atomic mass is 16.2. The van der Waals surface area contributed by atoms with Crippen molar-refractivity contribution in [2.24, 2.45) is 16.9 Å². The number of amides is 1. The second-order valence-corrected chi connectivity index (χ2v) is 5.92. The number of nitrogens with one attached hydrogen (secondary N) is 1. The molecule has 2 aliphatic carbocycles. The number of rotatable bonds is 2. The standard InChI is InChI=1S/C16H20N2O/c1-10-3-5-14(7-11(10)2)16(19)18-17-15-9-12-4-6-13(15)8-12/h3,5,7,12-13H,4,6,8-9H2,1-2H3,(H,18,19). The number of carbonyl (C=O) groups excluding carboxylic acids is 1. The zero-order valence-corrected chi connectivity index (χ0v) is 11.6. The number of hydrazone groups is 1. The molecule has 19 heavy (non-hydrogen) atoms. The Labute approximate surface area is 114 Å². The van der Waals surface area contributed by atoms with Crippen LogP contribution < -0.4 is 5.43 Å². The Kier molecular flexibility index (Phi) is 3.13. The van der Waals surface area contributed by atoms with E-state index in [-0.39, 0.29) is 5.91 Å². The van der Waals surface area contributed by atoms with E-state index in [2.05, 4.69) is 10.5 Å². The Morgan fingerprint density at radius 3 is 2.74 bits per heavy atom. The first-order valence-electron chi connectivity index (χ1n) is 7.07. The van der Waals surface area contributed by atoms with Crippen molar-refractivity contribution in [3.05, 3.63) is 34.9 Å². The maximum absolute atomic E-state index is 12.1. The van der Waals surface area contributed by atoms with E-state index in [4.69, 9.17) is 0 Å². The highest BCUT2D eigenvalue weighted by molar-refractivity contribution is 5.96. The number of nitrogens with zero attached hydrogens (tertiary/aromatic N) is 1. The van der Waals surface area contributed by atoms with Gasteiger partial charge in [0.2, 0.25) is 0 Å². The number of hydrogen-bond acceptors (Lipinski definition) is 2. The average Bonchev–Trinajstić information content (AvgIpc) is 3.01. The predicted molar refractivity (Wildman–Crippen MR) is 76.3 cm³/mol. The molecule has 2 atom stereocenters. The summed E-state index contributed by atoms with van der Waals surface area (Å²) in [5, 5.41) is 4.35. The average molecular weight is 256 g/mol. The molecule has 3 heteroatoms. The van der Waals surface area contributed by atoms with Gasteiger partial charge in [0.05, 0.1) is 0 Å². The monoisotopic (exact) mass is 256 g/mol. The molecular formula is C16H20N2O. The topological polar surface area (TPSA) is 41.5 Å². The zero-order valence-electron chi connectivity index (χ0n) is 11.6. The molecule has 1 aromatic carbocycles. The van der Waals surface area contributed by atoms with E-state index >= 15 is 0 Å². The van der Waals surface area contributed by atoms with Crippen molar-refractivity contribution in [1.29, 1.82) is 0 Å². The zero-order chi connectivity index (χ0) is 13.4. The molecule has 0 heterocycles. The molecule has 2 bridgehead atoms. The van der Waals surface area contributed by atoms with Crippen molar-refractivity contribution in [3.63, 3.8) is 0 Å². The second kappa shape index (κ2) is 4.80. The third kappa shape index (κ3) is 2.42. The lowest BCUT2D eigenvalue weighted by Crippen LogP contribution is -2.22. The van der Waals surface area contributed by atoms with Crippen molar-refractivity contribution < 1.29 is 4.79 Å². The lowest BCUT2D eigenvalue weighted by atomic mass is 9.99. The van der Waals surface area contributed by atoms with Crippen molar-refractivity contribution in [3.8, 4) is 0 Å². The van der Waals surface area contributed by atoms with Gasteiger partial charge in [-0.2, -0.15) is 5.10 Å². The number of aryl methyl sites for hydroxylation is 2. The van der Waals surface area contributed by atoms with Crippen LogP contribution in [0.25, 0.3) is 0 Å². The molecule has 100 valence electrons. The molecule has 0 saturated heterocycles. The lowest BCUT2D eigenvalue weighted by Gasteiger charge is -2.11. The third-order valence-corrected chi connectivity index (χ3v) is 4.58. The number of hydrogen-bond donors (Lipinski definition) is 1. The summed E-state index contributed by atoms with van der Waals surface area (Å²) in [6.45, 7) is 4.07. The van der Waals surface area contributed by atoms with Gasteiger partial charge in [-0.3, -0.25) is 4.79 Å². The molecule has 3 nitrogen and oxygen atoms in total. The van der Waals surface area contributed by atoms with Crippen LogP contribution in [0.4, 0.5) is 0 Å². The summed E-state index contributed by atoms with van der Waals surface area (Å²) in [5.41, 5.74) is 6.96. The normalized spacial score (nSPS) is 26.9. The van der Waals surface area contributed by atoms with Crippen LogP contribution in [-0.2, 0) is 0 Å². The van der Waals surface area contributed by atoms with E-state index in [1.54, 1.807) is 0 Å². The fraction of sp³-hybridized carbons (Fsp3) is 0.500. The maximum atomic E-state index is 12.1. The molecule has 0 radical (unpaired) electrons. The number of carbonyl (C=O) groups is 1. The van der Waals surface area contributed by atoms with Crippen LogP contribution in [0.3, 0.4) is 0 Å². The minimum atomic E-state index is -0.0987. The van der Waals surface area contributed by atoms with Gasteiger partial charge in [-0.1, -0.05) is 6.07 Å². The Hall–Kier alpha value is -1.64. The lowest BCUT2D eigenvalue weighted by molar-refractivity contribution is 0.0954. The molecule has 2 saturated carbocycles. The van der Waals surface area contributed by atoms with Gasteiger partial charge >= 0.3 is 0 Å². The summed E-state index contributed by atoms with van der Waals surface area (Å²) < 4.78 is 0. The van der Waals surface area contributed by atoms with Gasteiger partial charge in [-0.25, -0.2) is 5.43 Å². The molecule has 2 aliphatic rings. The third-order valence-electron chi connectivity index (χ3n) is 4.58. The first-order valence-corrected chi connectivity index (χ1v) is 7.07. The van der Waals surface area contributed by atoms with E-state index in [1.165, 1.54) is 30.5 Å². The Balaban J connectivity index is 1.68. The molecule has 2 fully saturated rings. The van der Waals surface area contributed by atoms with E-state index in [9.17, 15) is 4.79 Å². The Bertz CT molecular complexity index is 548. The van der Waals surface area contributed by atoms with Gasteiger partial charge in [0.25, 0.3) is 5.91 Å². The van der Waals surface area contributed by atoms with Gasteiger partial charge in [-0.15, -0.1) is 0 Å². The van der Waals surface area contributed by atoms with Gasteiger partial charge in [0, 0.05) is 11.3 Å². The maximum Gasteiger partial charge on any atom is 0.271 e. The molecule has 0 spiro atoms. The number of fused-ring (bicyclic) bond motifs is 2. The van der Waals surface area contributed by atoms with E-state index in [0.29, 0.717) is 11.5 Å². The van der Waals surface area contributed by atoms with Crippen molar-refractivity contribution in [2.45, 2.75) is 39.5 Å². The van der Waals surface area contributed by atoms with E-state index in [0.717, 1.165) is 17.9 Å². The first kappa shape index (κ1) is 12.4. The summed E-state index contributed by atoms with van der Waals surface area (Å²) >= 11 is 0. The van der Waals surface area contributed by atoms with Crippen LogP contribution in [0.1, 0.15) is 47.2 Å². The van der Waals surface area contributed by atoms with Crippen LogP contribution in [0.15, 0.2) is 23.3 Å². The highest BCUT2D eigenvalue weighted by Crippen LogP contribution is 2.42. The summed E-state index contributed by atoms with van der Waals surface area (Å²) in [6, 6.07) is 5.76. The summed E-state index contributed by atoms with van der Waals surface area (Å²) in [7, 11) is 0. The fourth-order valence-corrected chi connectivity index (χ4v) is 3.23. The van der Waals surface area contributed by atoms with Crippen LogP contribution in [0, 0.1) is 25.7 Å². The summed E-state index contributed by atoms with van der Waals surface area (Å²) in [5.74, 6) is 1.35. The van der Waals surface area contributed by atoms with Crippen molar-refractivity contribution in [1.82, 2.24) is 5.43 Å². The Morgan fingerprint density at radius 2 is 2.11 bits per heavy atom. The first-order chi connectivity index (χ1) is 9.13. The van der Waals surface area contributed by atoms with E-state index < -0.39 is 0 Å². The molecule has 3 rings (SSSR count). The van der Waals surface area contributed by atoms with Gasteiger partial charge in [0.1, 0.15) is 0 Å². The van der Waals surface area contributed by atoms with Gasteiger partial charge in [0.15, 0.2) is 0 Å². The van der Waals surface area contributed by atoms with Gasteiger partial charge in [-0.05, 0) is 74.6 Å². The summed E-state index contributed by atoms with van der Waals surface area (Å²) in [4.78, 5) is 12.1. The number of benzene rings is 1. The van der Waals surface area contributed by atoms with Crippen LogP contribution in [-0.4, -0.2) is 11.6 Å². The smallest absolute Gasteiger partial charge is 0.267 e. The molecule has 0 aliphatic heterocycles. The molecule has 1 N–H and O–H groups in total. The quantitative estimate of drug-likeness (QED) is 0.811. The molecule has 2 unspecified atom stereocenters. The minimum Gasteiger partial charge on any atom is -0.267 e. The highest BCUT2D eigenvalue weighted by Gasteiger charge is 2.36. The predicted octanol–water partition coefficient (Wildman–Crippen LogP) is 3.21. The molecule has 1 amide bonds. The van der Waals surface area contributed by atoms with Crippen molar-refractivity contribution in [2.75, 3.05) is 0 Å². The second-order valence-electron chi connectivity index (χ2n) is 5.92. The van der Waals surface area contributed by atoms with Gasteiger partial charge < -0.3 is 0 Å². The molecular weight excluding hydrogens is 236 g/mol.